The van der Waals surface area contributed by atoms with Gasteiger partial charge in [0, 0.05) is 49.7 Å². The van der Waals surface area contributed by atoms with Crippen LogP contribution in [0, 0.1) is 23.7 Å². The Labute approximate surface area is 213 Å². The van der Waals surface area contributed by atoms with Gasteiger partial charge in [0.15, 0.2) is 0 Å². The zero-order chi connectivity index (χ0) is 26.7. The smallest absolute Gasteiger partial charge is 0.249 e. The third-order valence-corrected chi connectivity index (χ3v) is 6.51. The summed E-state index contributed by atoms with van der Waals surface area (Å²) in [5, 5.41) is 14.4. The number of carbonyl (C=O) groups excluding carboxylic acids is 3. The maximum atomic E-state index is 13.4. The summed E-state index contributed by atoms with van der Waals surface area (Å²) < 4.78 is 0. The van der Waals surface area contributed by atoms with Crippen LogP contribution in [0.3, 0.4) is 0 Å². The van der Waals surface area contributed by atoms with E-state index in [9.17, 15) is 19.5 Å². The van der Waals surface area contributed by atoms with E-state index in [1.54, 1.807) is 4.90 Å². The number of nitrogens with two attached hydrogens (primary N) is 2. The number of primary amides is 2. The maximum absolute atomic E-state index is 13.4. The Kier molecular flexibility index (Phi) is 10.9. The molecule has 3 atom stereocenters. The number of rotatable bonds is 14. The number of aliphatic hydroxyl groups excluding tert-OH is 1. The van der Waals surface area contributed by atoms with E-state index in [4.69, 9.17) is 17.9 Å². The van der Waals surface area contributed by atoms with Gasteiger partial charge in [-0.1, -0.05) is 50.3 Å². The lowest BCUT2D eigenvalue weighted by Gasteiger charge is -2.41. The van der Waals surface area contributed by atoms with Crippen molar-refractivity contribution in [2.75, 3.05) is 19.6 Å². The topological polar surface area (TPSA) is 139 Å². The Balaban J connectivity index is 2.41. The molecule has 0 saturated carbocycles. The molecule has 1 aromatic rings. The first kappa shape index (κ1) is 28.8. The van der Waals surface area contributed by atoms with Crippen molar-refractivity contribution in [3.8, 4) is 12.3 Å². The lowest BCUT2D eigenvalue weighted by atomic mass is 9.64. The Morgan fingerprint density at radius 2 is 1.81 bits per heavy atom. The van der Waals surface area contributed by atoms with Crippen LogP contribution in [0.4, 0.5) is 0 Å². The zero-order valence-electron chi connectivity index (χ0n) is 21.2. The normalized spacial score (nSPS) is 18.8. The predicted molar refractivity (Wildman–Crippen MR) is 140 cm³/mol. The fraction of sp³-hybridized carbons (Fsp3) is 0.464. The number of benzene rings is 1. The molecule has 1 aliphatic carbocycles. The molecule has 1 aliphatic rings. The summed E-state index contributed by atoms with van der Waals surface area (Å²) in [4.78, 5) is 40.4. The van der Waals surface area contributed by atoms with Crippen LogP contribution in [0.25, 0.3) is 0 Å². The van der Waals surface area contributed by atoms with Crippen LogP contribution in [-0.2, 0) is 20.9 Å². The molecule has 194 valence electrons. The minimum Gasteiger partial charge on any atom is -0.391 e. The standard InChI is InChI=1S/C28H38N4O4/c1-4-10-23(24(33)19-31-18-20-11-8-7-9-12-20)28(27(30)36)16-21(25(29)34)15-22(17-28)26(35)32(13-5-2)14-6-3/h1,7-9,11-12,15-16,23-24,31,33H,5-6,10,13-14,17-19H2,2-3H3,(H2,29,34)(H2,30,36)/t23-,24+,28?/m1/s1. The summed E-state index contributed by atoms with van der Waals surface area (Å²) >= 11 is 0. The van der Waals surface area contributed by atoms with E-state index in [1.807, 2.05) is 44.2 Å². The van der Waals surface area contributed by atoms with Crippen LogP contribution >= 0.6 is 0 Å². The van der Waals surface area contributed by atoms with Crippen molar-refractivity contribution < 1.29 is 19.5 Å². The second-order valence-corrected chi connectivity index (χ2v) is 9.21. The molecule has 0 fully saturated rings. The second kappa shape index (κ2) is 13.6. The summed E-state index contributed by atoms with van der Waals surface area (Å²) in [6, 6.07) is 9.65. The number of nitrogens with one attached hydrogen (secondary N) is 1. The molecule has 3 amide bonds. The maximum Gasteiger partial charge on any atom is 0.249 e. The van der Waals surface area contributed by atoms with Crippen molar-refractivity contribution >= 4 is 17.7 Å². The minimum absolute atomic E-state index is 0.00260. The van der Waals surface area contributed by atoms with E-state index in [2.05, 4.69) is 11.2 Å². The van der Waals surface area contributed by atoms with E-state index in [0.29, 0.717) is 19.6 Å². The number of aliphatic hydroxyl groups is 1. The first-order chi connectivity index (χ1) is 17.2. The zero-order valence-corrected chi connectivity index (χ0v) is 21.2. The molecule has 6 N–H and O–H groups in total. The summed E-state index contributed by atoms with van der Waals surface area (Å²) in [5.41, 5.74) is 11.2. The number of carbonyl (C=O) groups is 3. The molecule has 0 saturated heterocycles. The van der Waals surface area contributed by atoms with Gasteiger partial charge in [-0.2, -0.15) is 0 Å². The highest BCUT2D eigenvalue weighted by atomic mass is 16.3. The first-order valence-electron chi connectivity index (χ1n) is 12.4. The van der Waals surface area contributed by atoms with Gasteiger partial charge in [-0.25, -0.2) is 0 Å². The average molecular weight is 495 g/mol. The highest BCUT2D eigenvalue weighted by molar-refractivity contribution is 6.03. The summed E-state index contributed by atoms with van der Waals surface area (Å²) in [5.74, 6) is -0.173. The van der Waals surface area contributed by atoms with E-state index in [0.717, 1.165) is 18.4 Å². The minimum atomic E-state index is -1.56. The molecule has 0 aliphatic heterocycles. The summed E-state index contributed by atoms with van der Waals surface area (Å²) in [6.07, 6.45) is 8.80. The van der Waals surface area contributed by atoms with E-state index >= 15 is 0 Å². The quantitative estimate of drug-likeness (QED) is 0.291. The van der Waals surface area contributed by atoms with Gasteiger partial charge in [0.05, 0.1) is 11.5 Å². The number of hydrogen-bond acceptors (Lipinski definition) is 5. The van der Waals surface area contributed by atoms with Crippen LogP contribution in [0.15, 0.2) is 53.6 Å². The Morgan fingerprint density at radius 3 is 2.33 bits per heavy atom. The molecule has 0 heterocycles. The van der Waals surface area contributed by atoms with Gasteiger partial charge in [0.1, 0.15) is 0 Å². The Morgan fingerprint density at radius 1 is 1.17 bits per heavy atom. The molecular weight excluding hydrogens is 456 g/mol. The van der Waals surface area contributed by atoms with Crippen molar-refractivity contribution in [2.24, 2.45) is 22.8 Å². The molecular formula is C28H38N4O4. The molecule has 0 aromatic heterocycles. The summed E-state index contributed by atoms with van der Waals surface area (Å²) in [7, 11) is 0. The monoisotopic (exact) mass is 494 g/mol. The molecule has 8 nitrogen and oxygen atoms in total. The Hall–Kier alpha value is -3.41. The molecule has 0 spiro atoms. The van der Waals surface area contributed by atoms with Gasteiger partial charge in [0.25, 0.3) is 0 Å². The van der Waals surface area contributed by atoms with Crippen LogP contribution in [0.2, 0.25) is 0 Å². The van der Waals surface area contributed by atoms with Gasteiger partial charge >= 0.3 is 0 Å². The predicted octanol–water partition coefficient (Wildman–Crippen LogP) is 1.64. The van der Waals surface area contributed by atoms with Gasteiger partial charge in [-0.15, -0.1) is 12.3 Å². The second-order valence-electron chi connectivity index (χ2n) is 9.21. The van der Waals surface area contributed by atoms with Crippen molar-refractivity contribution in [2.45, 2.75) is 52.2 Å². The number of nitrogens with zero attached hydrogens (tertiary/aromatic N) is 1. The number of hydrogen-bond donors (Lipinski definition) is 4. The van der Waals surface area contributed by atoms with E-state index < -0.39 is 29.3 Å². The molecule has 8 heteroatoms. The van der Waals surface area contributed by atoms with Gasteiger partial charge < -0.3 is 26.8 Å². The van der Waals surface area contributed by atoms with E-state index in [1.165, 1.54) is 12.2 Å². The average Bonchev–Trinajstić information content (AvgIpc) is 2.86. The van der Waals surface area contributed by atoms with Crippen molar-refractivity contribution in [1.29, 1.82) is 0 Å². The molecule has 0 bridgehead atoms. The molecule has 1 unspecified atom stereocenters. The van der Waals surface area contributed by atoms with Gasteiger partial charge in [-0.05, 0) is 30.9 Å². The van der Waals surface area contributed by atoms with Gasteiger partial charge in [0.2, 0.25) is 17.7 Å². The van der Waals surface area contributed by atoms with E-state index in [-0.39, 0.29) is 36.4 Å². The lowest BCUT2D eigenvalue weighted by molar-refractivity contribution is -0.132. The number of amides is 3. The fourth-order valence-corrected chi connectivity index (χ4v) is 4.73. The van der Waals surface area contributed by atoms with Crippen molar-refractivity contribution in [3.63, 3.8) is 0 Å². The van der Waals surface area contributed by atoms with Crippen molar-refractivity contribution in [1.82, 2.24) is 10.2 Å². The SMILES string of the molecule is C#CC[C@H]([C@@H](O)CNCc1ccccc1)C1(C(N)=O)C=C(C(N)=O)C=C(C(=O)N(CCC)CCC)C1. The highest BCUT2D eigenvalue weighted by Crippen LogP contribution is 2.44. The molecule has 1 aromatic carbocycles. The van der Waals surface area contributed by atoms with Crippen LogP contribution < -0.4 is 16.8 Å². The molecule has 2 rings (SSSR count). The first-order valence-corrected chi connectivity index (χ1v) is 12.4. The lowest BCUT2D eigenvalue weighted by Crippen LogP contribution is -2.51. The fourth-order valence-electron chi connectivity index (χ4n) is 4.73. The Bertz CT molecular complexity index is 1020. The molecule has 0 radical (unpaired) electrons. The third kappa shape index (κ3) is 7.06. The van der Waals surface area contributed by atoms with Crippen LogP contribution in [0.5, 0.6) is 0 Å². The largest absolute Gasteiger partial charge is 0.391 e. The van der Waals surface area contributed by atoms with Crippen molar-refractivity contribution in [3.05, 3.63) is 59.2 Å². The third-order valence-electron chi connectivity index (χ3n) is 6.51. The molecule has 36 heavy (non-hydrogen) atoms. The highest BCUT2D eigenvalue weighted by Gasteiger charge is 2.49. The summed E-state index contributed by atoms with van der Waals surface area (Å²) in [6.45, 7) is 5.62. The number of terminal acetylenes is 1. The van der Waals surface area contributed by atoms with Crippen LogP contribution in [0.1, 0.15) is 45.1 Å². The van der Waals surface area contributed by atoms with Gasteiger partial charge in [-0.3, -0.25) is 14.4 Å². The van der Waals surface area contributed by atoms with Crippen LogP contribution in [-0.4, -0.2) is 53.5 Å².